The average Bonchev–Trinajstić information content (AvgIpc) is 2.40. The van der Waals surface area contributed by atoms with Gasteiger partial charge in [-0.25, -0.2) is 8.42 Å². The fourth-order valence-electron chi connectivity index (χ4n) is 1.40. The van der Waals surface area contributed by atoms with E-state index in [0.717, 1.165) is 16.4 Å². The number of nitrogens with zero attached hydrogens (tertiary/aromatic N) is 2. The van der Waals surface area contributed by atoms with Gasteiger partial charge in [-0.05, 0) is 12.1 Å². The molecule has 0 spiro atoms. The zero-order valence-electron chi connectivity index (χ0n) is 9.18. The van der Waals surface area contributed by atoms with E-state index < -0.39 is 14.9 Å². The number of hydrogen-bond donors (Lipinski definition) is 0. The van der Waals surface area contributed by atoms with Gasteiger partial charge in [-0.3, -0.25) is 10.1 Å². The van der Waals surface area contributed by atoms with Crippen molar-refractivity contribution in [2.75, 3.05) is 20.3 Å². The van der Waals surface area contributed by atoms with Crippen molar-refractivity contribution in [1.82, 2.24) is 4.31 Å². The van der Waals surface area contributed by atoms with E-state index in [2.05, 4.69) is 0 Å². The molecule has 0 bridgehead atoms. The van der Waals surface area contributed by atoms with Crippen LogP contribution >= 0.6 is 0 Å². The van der Waals surface area contributed by atoms with E-state index >= 15 is 0 Å². The summed E-state index contributed by atoms with van der Waals surface area (Å²) in [5.74, 6) is 0. The molecule has 0 saturated carbocycles. The quantitative estimate of drug-likeness (QED) is 0.588. The van der Waals surface area contributed by atoms with Gasteiger partial charge in [0.25, 0.3) is 5.69 Å². The Morgan fingerprint density at radius 1 is 1.17 bits per heavy atom. The first-order valence-corrected chi connectivity index (χ1v) is 6.36. The van der Waals surface area contributed by atoms with Crippen molar-refractivity contribution in [2.24, 2.45) is 0 Å². The van der Waals surface area contributed by atoms with Gasteiger partial charge in [-0.1, -0.05) is 0 Å². The largest absolute Gasteiger partial charge is 0.339 e. The number of sulfonamides is 1. The standard InChI is InChI=1S/C9H10N2O6S/c12-11(13)8-1-3-9(4-2-8)18(14,15)10-5-16-7-17-6-10/h1-4H,5-7H2. The third-order valence-corrected chi connectivity index (χ3v) is 4.08. The molecule has 1 aliphatic heterocycles. The van der Waals surface area contributed by atoms with Crippen LogP contribution in [-0.2, 0) is 19.5 Å². The molecule has 1 fully saturated rings. The summed E-state index contributed by atoms with van der Waals surface area (Å²) in [5, 5.41) is 10.5. The van der Waals surface area contributed by atoms with Gasteiger partial charge in [0.05, 0.1) is 9.82 Å². The molecule has 9 heteroatoms. The van der Waals surface area contributed by atoms with Gasteiger partial charge in [-0.2, -0.15) is 0 Å². The number of non-ortho nitro benzene ring substituents is 1. The zero-order valence-corrected chi connectivity index (χ0v) is 10.00. The van der Waals surface area contributed by atoms with Gasteiger partial charge in [-0.15, -0.1) is 4.31 Å². The molecule has 0 unspecified atom stereocenters. The van der Waals surface area contributed by atoms with Crippen LogP contribution < -0.4 is 0 Å². The first kappa shape index (κ1) is 12.9. The van der Waals surface area contributed by atoms with Gasteiger partial charge in [0.1, 0.15) is 20.3 Å². The Labute approximate surface area is 103 Å². The zero-order chi connectivity index (χ0) is 13.2. The molecule has 0 aliphatic carbocycles. The molecule has 1 saturated heterocycles. The molecule has 0 radical (unpaired) electrons. The topological polar surface area (TPSA) is 99.0 Å². The monoisotopic (exact) mass is 274 g/mol. The minimum Gasteiger partial charge on any atom is -0.339 e. The third kappa shape index (κ3) is 2.48. The number of hydrogen-bond acceptors (Lipinski definition) is 6. The van der Waals surface area contributed by atoms with Crippen LogP contribution in [0.25, 0.3) is 0 Å². The van der Waals surface area contributed by atoms with Crippen molar-refractivity contribution in [1.29, 1.82) is 0 Å². The van der Waals surface area contributed by atoms with E-state index in [1.807, 2.05) is 0 Å². The molecule has 0 atom stereocenters. The third-order valence-electron chi connectivity index (χ3n) is 2.32. The van der Waals surface area contributed by atoms with Gasteiger partial charge >= 0.3 is 0 Å². The van der Waals surface area contributed by atoms with Crippen LogP contribution in [0.5, 0.6) is 0 Å². The van der Waals surface area contributed by atoms with Gasteiger partial charge in [0, 0.05) is 12.1 Å². The minimum absolute atomic E-state index is 0.0396. The molecular weight excluding hydrogens is 264 g/mol. The SMILES string of the molecule is O=[N+]([O-])c1ccc(S(=O)(=O)N2COCOC2)cc1. The second-order valence-electron chi connectivity index (χ2n) is 3.49. The summed E-state index contributed by atoms with van der Waals surface area (Å²) < 4.78 is 34.9. The highest BCUT2D eigenvalue weighted by atomic mass is 32.2. The maximum absolute atomic E-state index is 12.1. The molecule has 1 aromatic carbocycles. The maximum atomic E-state index is 12.1. The number of rotatable bonds is 3. The molecule has 0 N–H and O–H groups in total. The summed E-state index contributed by atoms with van der Waals surface area (Å²) in [6.45, 7) is -0.148. The predicted octanol–water partition coefficient (Wildman–Crippen LogP) is 0.505. The van der Waals surface area contributed by atoms with E-state index in [1.165, 1.54) is 12.1 Å². The van der Waals surface area contributed by atoms with Crippen molar-refractivity contribution < 1.29 is 22.8 Å². The van der Waals surface area contributed by atoms with Crippen LogP contribution in [0.3, 0.4) is 0 Å². The van der Waals surface area contributed by atoms with E-state index in [0.29, 0.717) is 0 Å². The van der Waals surface area contributed by atoms with Crippen LogP contribution in [-0.4, -0.2) is 37.9 Å². The summed E-state index contributed by atoms with van der Waals surface area (Å²) in [6.07, 6.45) is 0. The fraction of sp³-hybridized carbons (Fsp3) is 0.333. The molecule has 0 amide bonds. The van der Waals surface area contributed by atoms with Crippen molar-refractivity contribution in [3.8, 4) is 0 Å². The number of nitro groups is 1. The van der Waals surface area contributed by atoms with Crippen LogP contribution in [0.2, 0.25) is 0 Å². The lowest BCUT2D eigenvalue weighted by atomic mass is 10.3. The highest BCUT2D eigenvalue weighted by molar-refractivity contribution is 7.89. The lowest BCUT2D eigenvalue weighted by Crippen LogP contribution is -2.39. The number of ether oxygens (including phenoxy) is 2. The van der Waals surface area contributed by atoms with Crippen molar-refractivity contribution in [3.63, 3.8) is 0 Å². The van der Waals surface area contributed by atoms with E-state index in [4.69, 9.17) is 9.47 Å². The van der Waals surface area contributed by atoms with E-state index in [-0.39, 0.29) is 30.8 Å². The Kier molecular flexibility index (Phi) is 3.57. The highest BCUT2D eigenvalue weighted by Crippen LogP contribution is 2.20. The number of nitro benzene ring substituents is 1. The summed E-state index contributed by atoms with van der Waals surface area (Å²) in [4.78, 5) is 9.84. The second-order valence-corrected chi connectivity index (χ2v) is 5.43. The van der Waals surface area contributed by atoms with Gasteiger partial charge < -0.3 is 9.47 Å². The lowest BCUT2D eigenvalue weighted by Gasteiger charge is -2.25. The highest BCUT2D eigenvalue weighted by Gasteiger charge is 2.27. The molecule has 0 aromatic heterocycles. The Morgan fingerprint density at radius 2 is 1.72 bits per heavy atom. The molecule has 98 valence electrons. The van der Waals surface area contributed by atoms with E-state index in [9.17, 15) is 18.5 Å². The first-order chi connectivity index (χ1) is 8.51. The molecule has 2 rings (SSSR count). The van der Waals surface area contributed by atoms with Crippen molar-refractivity contribution in [2.45, 2.75) is 4.90 Å². The minimum atomic E-state index is -3.74. The Balaban J connectivity index is 2.26. The predicted molar refractivity (Wildman–Crippen MR) is 58.9 cm³/mol. The summed E-state index contributed by atoms with van der Waals surface area (Å²) in [7, 11) is -3.74. The van der Waals surface area contributed by atoms with Crippen LogP contribution in [0, 0.1) is 10.1 Å². The van der Waals surface area contributed by atoms with Gasteiger partial charge in [0.2, 0.25) is 10.0 Å². The molecule has 1 aromatic rings. The summed E-state index contributed by atoms with van der Waals surface area (Å²) in [5.41, 5.74) is -0.167. The van der Waals surface area contributed by atoms with Crippen molar-refractivity contribution in [3.05, 3.63) is 34.4 Å². The molecular formula is C9H10N2O6S. The first-order valence-electron chi connectivity index (χ1n) is 4.92. The molecule has 18 heavy (non-hydrogen) atoms. The normalized spacial score (nSPS) is 17.6. The molecule has 8 nitrogen and oxygen atoms in total. The van der Waals surface area contributed by atoms with Crippen LogP contribution in [0.4, 0.5) is 5.69 Å². The second kappa shape index (κ2) is 4.98. The Morgan fingerprint density at radius 3 is 2.22 bits per heavy atom. The van der Waals surface area contributed by atoms with Crippen molar-refractivity contribution >= 4 is 15.7 Å². The average molecular weight is 274 g/mol. The van der Waals surface area contributed by atoms with Crippen LogP contribution in [0.15, 0.2) is 29.2 Å². The Bertz CT molecular complexity index is 535. The number of benzene rings is 1. The summed E-state index contributed by atoms with van der Waals surface area (Å²) in [6, 6.07) is 4.64. The van der Waals surface area contributed by atoms with Gasteiger partial charge in [0.15, 0.2) is 0 Å². The summed E-state index contributed by atoms with van der Waals surface area (Å²) >= 11 is 0. The molecule has 1 aliphatic rings. The van der Waals surface area contributed by atoms with E-state index in [1.54, 1.807) is 0 Å². The lowest BCUT2D eigenvalue weighted by molar-refractivity contribution is -0.384. The maximum Gasteiger partial charge on any atom is 0.269 e. The smallest absolute Gasteiger partial charge is 0.269 e. The molecule has 1 heterocycles. The van der Waals surface area contributed by atoms with Crippen LogP contribution in [0.1, 0.15) is 0 Å². The fourth-order valence-corrected chi connectivity index (χ4v) is 2.61. The Hall–Kier alpha value is -1.55.